The molecule has 0 bridgehead atoms. The molecule has 0 aliphatic heterocycles. The summed E-state index contributed by atoms with van der Waals surface area (Å²) >= 11 is 0. The van der Waals surface area contributed by atoms with Gasteiger partial charge in [-0.25, -0.2) is 8.78 Å². The first-order chi connectivity index (χ1) is 9.60. The standard InChI is InChI=1S/C16H17F2NO/c1-3-19-10-12-5-7-15(14(18)9-12)20-16-8-11(2)4-6-13(16)17/h4-9,19H,3,10H2,1-2H3. The van der Waals surface area contributed by atoms with Crippen LogP contribution >= 0.6 is 0 Å². The Morgan fingerprint density at radius 2 is 1.80 bits per heavy atom. The quantitative estimate of drug-likeness (QED) is 0.885. The van der Waals surface area contributed by atoms with Crippen LogP contribution in [0.3, 0.4) is 0 Å². The highest BCUT2D eigenvalue weighted by atomic mass is 19.1. The summed E-state index contributed by atoms with van der Waals surface area (Å²) in [6.07, 6.45) is 0. The Balaban J connectivity index is 2.19. The smallest absolute Gasteiger partial charge is 0.166 e. The van der Waals surface area contributed by atoms with Gasteiger partial charge in [-0.1, -0.05) is 19.1 Å². The molecule has 2 nitrogen and oxygen atoms in total. The Labute approximate surface area is 117 Å². The van der Waals surface area contributed by atoms with Crippen LogP contribution in [0.1, 0.15) is 18.1 Å². The third-order valence-corrected chi connectivity index (χ3v) is 2.88. The molecule has 0 saturated carbocycles. The summed E-state index contributed by atoms with van der Waals surface area (Å²) in [5.74, 6) is -0.953. The summed E-state index contributed by atoms with van der Waals surface area (Å²) in [5.41, 5.74) is 1.67. The van der Waals surface area contributed by atoms with Gasteiger partial charge in [-0.15, -0.1) is 0 Å². The lowest BCUT2D eigenvalue weighted by atomic mass is 10.2. The third-order valence-electron chi connectivity index (χ3n) is 2.88. The first kappa shape index (κ1) is 14.5. The van der Waals surface area contributed by atoms with Gasteiger partial charge in [-0.2, -0.15) is 0 Å². The van der Waals surface area contributed by atoms with E-state index in [4.69, 9.17) is 4.74 Å². The zero-order chi connectivity index (χ0) is 14.5. The van der Waals surface area contributed by atoms with Gasteiger partial charge in [0.1, 0.15) is 0 Å². The van der Waals surface area contributed by atoms with Gasteiger partial charge in [0, 0.05) is 6.54 Å². The minimum Gasteiger partial charge on any atom is -0.451 e. The first-order valence-electron chi connectivity index (χ1n) is 6.53. The predicted octanol–water partition coefficient (Wildman–Crippen LogP) is 4.18. The highest BCUT2D eigenvalue weighted by molar-refractivity contribution is 5.36. The maximum atomic E-state index is 13.9. The number of hydrogen-bond acceptors (Lipinski definition) is 2. The average Bonchev–Trinajstić information content (AvgIpc) is 2.43. The number of hydrogen-bond donors (Lipinski definition) is 1. The number of ether oxygens (including phenoxy) is 1. The van der Waals surface area contributed by atoms with Crippen molar-refractivity contribution in [2.75, 3.05) is 6.54 Å². The van der Waals surface area contributed by atoms with Crippen LogP contribution in [0.15, 0.2) is 36.4 Å². The Hall–Kier alpha value is -1.94. The van der Waals surface area contributed by atoms with Crippen LogP contribution in [0.5, 0.6) is 11.5 Å². The fourth-order valence-corrected chi connectivity index (χ4v) is 1.81. The Kier molecular flexibility index (Phi) is 4.69. The van der Waals surface area contributed by atoms with Gasteiger partial charge in [-0.3, -0.25) is 0 Å². The molecule has 4 heteroatoms. The normalized spacial score (nSPS) is 10.6. The summed E-state index contributed by atoms with van der Waals surface area (Å²) in [4.78, 5) is 0. The minimum absolute atomic E-state index is 0.0229. The summed E-state index contributed by atoms with van der Waals surface area (Å²) in [6.45, 7) is 5.21. The molecule has 0 aliphatic rings. The lowest BCUT2D eigenvalue weighted by Gasteiger charge is -2.10. The molecule has 20 heavy (non-hydrogen) atoms. The summed E-state index contributed by atoms with van der Waals surface area (Å²) in [6, 6.07) is 9.16. The zero-order valence-corrected chi connectivity index (χ0v) is 11.5. The predicted molar refractivity (Wildman–Crippen MR) is 75.0 cm³/mol. The molecule has 2 aromatic rings. The van der Waals surface area contributed by atoms with E-state index in [0.717, 1.165) is 17.7 Å². The molecule has 0 amide bonds. The van der Waals surface area contributed by atoms with Crippen molar-refractivity contribution in [3.05, 3.63) is 59.2 Å². The summed E-state index contributed by atoms with van der Waals surface area (Å²) in [5, 5.41) is 3.11. The second-order valence-corrected chi connectivity index (χ2v) is 4.58. The van der Waals surface area contributed by atoms with Gasteiger partial charge in [0.15, 0.2) is 23.1 Å². The molecular weight excluding hydrogens is 260 g/mol. The van der Waals surface area contributed by atoms with Crippen molar-refractivity contribution >= 4 is 0 Å². The van der Waals surface area contributed by atoms with Crippen LogP contribution in [0.25, 0.3) is 0 Å². The molecule has 0 aromatic heterocycles. The maximum Gasteiger partial charge on any atom is 0.166 e. The number of rotatable bonds is 5. The highest BCUT2D eigenvalue weighted by Gasteiger charge is 2.09. The van der Waals surface area contributed by atoms with Crippen molar-refractivity contribution in [3.63, 3.8) is 0 Å². The Morgan fingerprint density at radius 1 is 1.00 bits per heavy atom. The number of benzene rings is 2. The van der Waals surface area contributed by atoms with Crippen LogP contribution in [0, 0.1) is 18.6 Å². The van der Waals surface area contributed by atoms with Crippen molar-refractivity contribution in [2.45, 2.75) is 20.4 Å². The second-order valence-electron chi connectivity index (χ2n) is 4.58. The molecular formula is C16H17F2NO. The van der Waals surface area contributed by atoms with Gasteiger partial charge in [0.05, 0.1) is 0 Å². The summed E-state index contributed by atoms with van der Waals surface area (Å²) < 4.78 is 32.8. The minimum atomic E-state index is -0.508. The molecule has 0 saturated heterocycles. The van der Waals surface area contributed by atoms with E-state index in [2.05, 4.69) is 5.32 Å². The number of aryl methyl sites for hydroxylation is 1. The van der Waals surface area contributed by atoms with Gasteiger partial charge in [-0.05, 0) is 48.9 Å². The van der Waals surface area contributed by atoms with E-state index in [1.807, 2.05) is 13.8 Å². The maximum absolute atomic E-state index is 13.9. The SMILES string of the molecule is CCNCc1ccc(Oc2cc(C)ccc2F)c(F)c1. The Bertz CT molecular complexity index is 599. The summed E-state index contributed by atoms with van der Waals surface area (Å²) in [7, 11) is 0. The molecule has 0 radical (unpaired) electrons. The van der Waals surface area contributed by atoms with Crippen LogP contribution in [-0.4, -0.2) is 6.54 Å². The molecule has 0 spiro atoms. The highest BCUT2D eigenvalue weighted by Crippen LogP contribution is 2.28. The van der Waals surface area contributed by atoms with Gasteiger partial charge in [0.25, 0.3) is 0 Å². The largest absolute Gasteiger partial charge is 0.451 e. The lowest BCUT2D eigenvalue weighted by molar-refractivity contribution is 0.414. The van der Waals surface area contributed by atoms with Gasteiger partial charge < -0.3 is 10.1 Å². The molecule has 2 rings (SSSR count). The lowest BCUT2D eigenvalue weighted by Crippen LogP contribution is -2.11. The van der Waals surface area contributed by atoms with Crippen molar-refractivity contribution in [1.29, 1.82) is 0 Å². The van der Waals surface area contributed by atoms with E-state index in [0.29, 0.717) is 6.54 Å². The molecule has 0 unspecified atom stereocenters. The first-order valence-corrected chi connectivity index (χ1v) is 6.53. The zero-order valence-electron chi connectivity index (χ0n) is 11.5. The van der Waals surface area contributed by atoms with E-state index in [9.17, 15) is 8.78 Å². The fourth-order valence-electron chi connectivity index (χ4n) is 1.81. The molecule has 0 heterocycles. The van der Waals surface area contributed by atoms with Gasteiger partial charge >= 0.3 is 0 Å². The van der Waals surface area contributed by atoms with Crippen molar-refractivity contribution in [3.8, 4) is 11.5 Å². The van der Waals surface area contributed by atoms with Crippen LogP contribution in [0.4, 0.5) is 8.78 Å². The average molecular weight is 277 g/mol. The molecule has 0 aliphatic carbocycles. The van der Waals surface area contributed by atoms with Crippen LogP contribution < -0.4 is 10.1 Å². The van der Waals surface area contributed by atoms with E-state index >= 15 is 0 Å². The third kappa shape index (κ3) is 3.54. The number of halogens is 2. The van der Waals surface area contributed by atoms with Crippen molar-refractivity contribution < 1.29 is 13.5 Å². The van der Waals surface area contributed by atoms with Crippen LogP contribution in [-0.2, 0) is 6.54 Å². The van der Waals surface area contributed by atoms with Gasteiger partial charge in [0.2, 0.25) is 0 Å². The van der Waals surface area contributed by atoms with E-state index < -0.39 is 11.6 Å². The molecule has 106 valence electrons. The van der Waals surface area contributed by atoms with E-state index in [-0.39, 0.29) is 11.5 Å². The van der Waals surface area contributed by atoms with Crippen molar-refractivity contribution in [2.24, 2.45) is 0 Å². The molecule has 2 aromatic carbocycles. The monoisotopic (exact) mass is 277 g/mol. The van der Waals surface area contributed by atoms with Crippen LogP contribution in [0.2, 0.25) is 0 Å². The topological polar surface area (TPSA) is 21.3 Å². The fraction of sp³-hybridized carbons (Fsp3) is 0.250. The van der Waals surface area contributed by atoms with E-state index in [1.54, 1.807) is 18.2 Å². The number of nitrogens with one attached hydrogen (secondary N) is 1. The molecule has 0 fully saturated rings. The van der Waals surface area contributed by atoms with Crippen molar-refractivity contribution in [1.82, 2.24) is 5.32 Å². The second kappa shape index (κ2) is 6.48. The van der Waals surface area contributed by atoms with E-state index in [1.165, 1.54) is 18.2 Å². The molecule has 0 atom stereocenters. The molecule has 1 N–H and O–H groups in total. The Morgan fingerprint density at radius 3 is 2.50 bits per heavy atom.